The van der Waals surface area contributed by atoms with Crippen LogP contribution >= 0.6 is 0 Å². The van der Waals surface area contributed by atoms with Crippen LogP contribution in [0.1, 0.15) is 61.0 Å². The molecule has 0 bridgehead atoms. The Balaban J connectivity index is 2.15. The molecule has 12 heteroatoms. The summed E-state index contributed by atoms with van der Waals surface area (Å²) in [5.41, 5.74) is 5.82. The van der Waals surface area contributed by atoms with Crippen molar-refractivity contribution in [2.75, 3.05) is 18.0 Å². The molecule has 0 aliphatic heterocycles. The van der Waals surface area contributed by atoms with Crippen LogP contribution in [0.25, 0.3) is 0 Å². The molecule has 1 aromatic carbocycles. The summed E-state index contributed by atoms with van der Waals surface area (Å²) in [6.45, 7) is 15.4. The molecule has 0 saturated heterocycles. The number of hydrogen-bond donors (Lipinski definition) is 2. The lowest BCUT2D eigenvalue weighted by atomic mass is 10.2. The second kappa shape index (κ2) is 12.8. The van der Waals surface area contributed by atoms with Crippen LogP contribution in [0, 0.1) is 0 Å². The van der Waals surface area contributed by atoms with Crippen molar-refractivity contribution in [1.29, 1.82) is 0 Å². The first-order valence-corrected chi connectivity index (χ1v) is 11.9. The van der Waals surface area contributed by atoms with Crippen molar-refractivity contribution in [3.05, 3.63) is 42.1 Å². The SMILES string of the molecule is C/C(CN(C/C(C)=N/NC(=O)OC(C)(C)C)c1cn(Cc2ccccc2)nn1)=N\NC(=O)OC(C)(C)C. The van der Waals surface area contributed by atoms with Gasteiger partial charge in [0, 0.05) is 0 Å². The number of aromatic nitrogens is 3. The highest BCUT2D eigenvalue weighted by atomic mass is 16.6. The van der Waals surface area contributed by atoms with Gasteiger partial charge in [0.05, 0.1) is 37.3 Å². The zero-order chi connectivity index (χ0) is 27.6. The second-order valence-corrected chi connectivity index (χ2v) is 10.5. The molecule has 37 heavy (non-hydrogen) atoms. The minimum atomic E-state index is -0.647. The zero-order valence-corrected chi connectivity index (χ0v) is 22.9. The van der Waals surface area contributed by atoms with Crippen molar-refractivity contribution in [3.63, 3.8) is 0 Å². The normalized spacial score (nSPS) is 12.6. The third-order valence-corrected chi connectivity index (χ3v) is 4.35. The molecule has 2 rings (SSSR count). The number of amides is 2. The summed E-state index contributed by atoms with van der Waals surface area (Å²) in [7, 11) is 0. The van der Waals surface area contributed by atoms with E-state index >= 15 is 0 Å². The van der Waals surface area contributed by atoms with E-state index in [1.807, 2.05) is 41.4 Å². The fourth-order valence-corrected chi connectivity index (χ4v) is 3.01. The molecular weight excluding hydrogens is 476 g/mol. The number of nitrogens with one attached hydrogen (secondary N) is 2. The summed E-state index contributed by atoms with van der Waals surface area (Å²) in [4.78, 5) is 25.8. The van der Waals surface area contributed by atoms with Crippen molar-refractivity contribution in [3.8, 4) is 0 Å². The Hall–Kier alpha value is -3.96. The molecule has 2 N–H and O–H groups in total. The van der Waals surface area contributed by atoms with E-state index in [1.165, 1.54) is 0 Å². The van der Waals surface area contributed by atoms with Gasteiger partial charge in [-0.3, -0.25) is 0 Å². The van der Waals surface area contributed by atoms with Crippen molar-refractivity contribution in [1.82, 2.24) is 25.8 Å². The zero-order valence-electron chi connectivity index (χ0n) is 22.9. The van der Waals surface area contributed by atoms with Gasteiger partial charge in [0.25, 0.3) is 0 Å². The van der Waals surface area contributed by atoms with E-state index in [4.69, 9.17) is 9.47 Å². The van der Waals surface area contributed by atoms with Gasteiger partial charge in [-0.1, -0.05) is 35.5 Å². The van der Waals surface area contributed by atoms with E-state index in [2.05, 4.69) is 31.4 Å². The van der Waals surface area contributed by atoms with E-state index in [-0.39, 0.29) is 0 Å². The fourth-order valence-electron chi connectivity index (χ4n) is 3.01. The molecule has 0 unspecified atom stereocenters. The van der Waals surface area contributed by atoms with Gasteiger partial charge >= 0.3 is 12.2 Å². The van der Waals surface area contributed by atoms with Crippen LogP contribution in [0.5, 0.6) is 0 Å². The lowest BCUT2D eigenvalue weighted by Crippen LogP contribution is -2.36. The number of hydrogen-bond acceptors (Lipinski definition) is 9. The molecule has 0 fully saturated rings. The van der Waals surface area contributed by atoms with Gasteiger partial charge in [0.1, 0.15) is 11.2 Å². The van der Waals surface area contributed by atoms with E-state index in [1.54, 1.807) is 60.1 Å². The number of hydrazone groups is 2. The summed E-state index contributed by atoms with van der Waals surface area (Å²) in [6.07, 6.45) is 0.522. The van der Waals surface area contributed by atoms with Crippen molar-refractivity contribution in [2.45, 2.75) is 73.1 Å². The molecule has 1 heterocycles. The third kappa shape index (κ3) is 12.0. The molecule has 0 saturated carbocycles. The molecule has 0 aliphatic rings. The van der Waals surface area contributed by atoms with Gasteiger partial charge in [-0.2, -0.15) is 10.2 Å². The average molecular weight is 515 g/mol. The van der Waals surface area contributed by atoms with E-state index in [0.29, 0.717) is 36.9 Å². The Morgan fingerprint density at radius 1 is 0.892 bits per heavy atom. The number of rotatable bonds is 9. The van der Waals surface area contributed by atoms with Gasteiger partial charge < -0.3 is 14.4 Å². The Morgan fingerprint density at radius 3 is 1.84 bits per heavy atom. The summed E-state index contributed by atoms with van der Waals surface area (Å²) >= 11 is 0. The molecule has 0 aliphatic carbocycles. The highest BCUT2D eigenvalue weighted by molar-refractivity contribution is 5.91. The minimum absolute atomic E-state index is 0.305. The van der Waals surface area contributed by atoms with Crippen LogP contribution in [0.4, 0.5) is 15.4 Å². The summed E-state index contributed by atoms with van der Waals surface area (Å²) in [5.74, 6) is 0.578. The standard InChI is InChI=1S/C25H38N8O4/c1-18(26-29-22(34)36-24(3,4)5)14-32(15-19(2)27-30-23(35)37-25(6,7)8)21-17-33(31-28-21)16-20-12-10-9-11-13-20/h9-13,17H,14-16H2,1-8H3,(H,29,34)(H,30,35)/b26-18+,27-19+. The first kappa shape index (κ1) is 29.3. The maximum absolute atomic E-state index is 12.0. The predicted molar refractivity (Wildman–Crippen MR) is 143 cm³/mol. The molecule has 0 radical (unpaired) electrons. The summed E-state index contributed by atoms with van der Waals surface area (Å²) in [5, 5.41) is 16.8. The monoisotopic (exact) mass is 514 g/mol. The Bertz CT molecular complexity index is 1050. The topological polar surface area (TPSA) is 135 Å². The Kier molecular flexibility index (Phi) is 10.2. The molecule has 2 amide bonds. The average Bonchev–Trinajstić information content (AvgIpc) is 3.23. The molecular formula is C25H38N8O4. The number of carbonyl (C=O) groups is 2. The van der Waals surface area contributed by atoms with Gasteiger partial charge in [-0.05, 0) is 61.0 Å². The van der Waals surface area contributed by atoms with E-state index < -0.39 is 23.4 Å². The van der Waals surface area contributed by atoms with Crippen LogP contribution in [-0.2, 0) is 16.0 Å². The molecule has 0 atom stereocenters. The Morgan fingerprint density at radius 2 is 1.38 bits per heavy atom. The second-order valence-electron chi connectivity index (χ2n) is 10.5. The van der Waals surface area contributed by atoms with Gasteiger partial charge in [-0.15, -0.1) is 5.10 Å². The first-order valence-electron chi connectivity index (χ1n) is 11.9. The molecule has 1 aromatic heterocycles. The van der Waals surface area contributed by atoms with Gasteiger partial charge in [0.15, 0.2) is 5.82 Å². The van der Waals surface area contributed by atoms with Crippen LogP contribution in [0.2, 0.25) is 0 Å². The number of carbonyl (C=O) groups excluding carboxylic acids is 2. The molecule has 202 valence electrons. The van der Waals surface area contributed by atoms with Gasteiger partial charge in [-0.25, -0.2) is 25.1 Å². The third-order valence-electron chi connectivity index (χ3n) is 4.35. The Labute approximate surface area is 218 Å². The molecule has 2 aromatic rings. The molecule has 12 nitrogen and oxygen atoms in total. The quantitative estimate of drug-likeness (QED) is 0.382. The predicted octanol–water partition coefficient (Wildman–Crippen LogP) is 3.93. The highest BCUT2D eigenvalue weighted by Crippen LogP contribution is 2.12. The van der Waals surface area contributed by atoms with Crippen LogP contribution < -0.4 is 15.8 Å². The first-order chi connectivity index (χ1) is 17.2. The minimum Gasteiger partial charge on any atom is -0.443 e. The number of ether oxygens (including phenoxy) is 2. The lowest BCUT2D eigenvalue weighted by Gasteiger charge is -2.22. The van der Waals surface area contributed by atoms with Crippen LogP contribution in [0.3, 0.4) is 0 Å². The number of anilines is 1. The maximum Gasteiger partial charge on any atom is 0.428 e. The van der Waals surface area contributed by atoms with Crippen molar-refractivity contribution >= 4 is 29.4 Å². The largest absolute Gasteiger partial charge is 0.443 e. The van der Waals surface area contributed by atoms with E-state index in [9.17, 15) is 9.59 Å². The summed E-state index contributed by atoms with van der Waals surface area (Å²) < 4.78 is 12.2. The number of nitrogens with zero attached hydrogens (tertiary/aromatic N) is 6. The van der Waals surface area contributed by atoms with Crippen LogP contribution in [-0.4, -0.2) is 62.9 Å². The van der Waals surface area contributed by atoms with Crippen molar-refractivity contribution < 1.29 is 19.1 Å². The maximum atomic E-state index is 12.0. The molecule has 0 spiro atoms. The number of benzene rings is 1. The lowest BCUT2D eigenvalue weighted by molar-refractivity contribution is 0.0518. The van der Waals surface area contributed by atoms with Crippen molar-refractivity contribution in [2.24, 2.45) is 10.2 Å². The smallest absolute Gasteiger partial charge is 0.428 e. The van der Waals surface area contributed by atoms with Gasteiger partial charge in [0.2, 0.25) is 0 Å². The van der Waals surface area contributed by atoms with E-state index in [0.717, 1.165) is 5.56 Å². The summed E-state index contributed by atoms with van der Waals surface area (Å²) in [6, 6.07) is 9.91. The van der Waals surface area contributed by atoms with Crippen LogP contribution in [0.15, 0.2) is 46.7 Å². The highest BCUT2D eigenvalue weighted by Gasteiger charge is 2.18. The fraction of sp³-hybridized carbons (Fsp3) is 0.520.